The third-order valence-corrected chi connectivity index (χ3v) is 3.40. The molecule has 1 aromatic rings. The summed E-state index contributed by atoms with van der Waals surface area (Å²) in [6.07, 6.45) is 3.36. The molecule has 4 heteroatoms. The number of thiazole rings is 1. The second-order valence-electron chi connectivity index (χ2n) is 3.63. The second-order valence-corrected chi connectivity index (χ2v) is 4.57. The first kappa shape index (κ1) is 12.6. The molecule has 1 unspecified atom stereocenters. The van der Waals surface area contributed by atoms with Crippen LogP contribution in [0.15, 0.2) is 5.51 Å². The summed E-state index contributed by atoms with van der Waals surface area (Å²) in [6.45, 7) is 5.57. The van der Waals surface area contributed by atoms with E-state index in [1.165, 1.54) is 4.88 Å². The lowest BCUT2D eigenvalue weighted by Gasteiger charge is -2.14. The average molecular weight is 228 g/mol. The summed E-state index contributed by atoms with van der Waals surface area (Å²) in [5, 5.41) is 0. The van der Waals surface area contributed by atoms with Gasteiger partial charge in [0.05, 0.1) is 23.9 Å². The molecule has 2 N–H and O–H groups in total. The van der Waals surface area contributed by atoms with Gasteiger partial charge in [-0.3, -0.25) is 0 Å². The fraction of sp³-hybridized carbons (Fsp3) is 0.727. The Morgan fingerprint density at radius 2 is 2.40 bits per heavy atom. The van der Waals surface area contributed by atoms with Gasteiger partial charge in [0.15, 0.2) is 0 Å². The molecule has 1 rings (SSSR count). The molecule has 15 heavy (non-hydrogen) atoms. The normalized spacial score (nSPS) is 13.0. The van der Waals surface area contributed by atoms with Gasteiger partial charge < -0.3 is 10.5 Å². The Morgan fingerprint density at radius 1 is 1.60 bits per heavy atom. The standard InChI is InChI=1S/C11H20N2OS/c1-3-4-10(7-12)14-6-5-11-9(2)13-8-15-11/h8,10H,3-7,12H2,1-2H3. The lowest BCUT2D eigenvalue weighted by Crippen LogP contribution is -2.24. The van der Waals surface area contributed by atoms with Gasteiger partial charge in [0, 0.05) is 17.8 Å². The average Bonchev–Trinajstić information content (AvgIpc) is 2.63. The Kier molecular flexibility index (Phi) is 5.83. The largest absolute Gasteiger partial charge is 0.377 e. The van der Waals surface area contributed by atoms with Crippen molar-refractivity contribution in [3.63, 3.8) is 0 Å². The van der Waals surface area contributed by atoms with E-state index >= 15 is 0 Å². The van der Waals surface area contributed by atoms with E-state index in [1.807, 2.05) is 12.4 Å². The molecule has 0 saturated heterocycles. The van der Waals surface area contributed by atoms with E-state index in [-0.39, 0.29) is 6.10 Å². The highest BCUT2D eigenvalue weighted by Crippen LogP contribution is 2.13. The molecule has 0 aliphatic rings. The maximum absolute atomic E-state index is 5.71. The van der Waals surface area contributed by atoms with Crippen molar-refractivity contribution in [2.75, 3.05) is 13.2 Å². The number of aromatic nitrogens is 1. The number of nitrogens with zero attached hydrogens (tertiary/aromatic N) is 1. The molecule has 86 valence electrons. The van der Waals surface area contributed by atoms with Gasteiger partial charge in [-0.1, -0.05) is 13.3 Å². The zero-order chi connectivity index (χ0) is 11.1. The van der Waals surface area contributed by atoms with Gasteiger partial charge in [0.1, 0.15) is 0 Å². The summed E-state index contributed by atoms with van der Waals surface area (Å²) in [5.41, 5.74) is 8.63. The van der Waals surface area contributed by atoms with Crippen LogP contribution < -0.4 is 5.73 Å². The van der Waals surface area contributed by atoms with Crippen molar-refractivity contribution in [2.24, 2.45) is 5.73 Å². The molecule has 0 aromatic carbocycles. The molecule has 0 aliphatic carbocycles. The minimum Gasteiger partial charge on any atom is -0.377 e. The predicted molar refractivity (Wildman–Crippen MR) is 64.3 cm³/mol. The molecule has 1 heterocycles. The van der Waals surface area contributed by atoms with E-state index in [9.17, 15) is 0 Å². The van der Waals surface area contributed by atoms with Crippen molar-refractivity contribution in [3.05, 3.63) is 16.1 Å². The van der Waals surface area contributed by atoms with E-state index < -0.39 is 0 Å². The molecule has 3 nitrogen and oxygen atoms in total. The first-order valence-electron chi connectivity index (χ1n) is 5.48. The Morgan fingerprint density at radius 3 is 2.93 bits per heavy atom. The van der Waals surface area contributed by atoms with E-state index in [0.29, 0.717) is 6.54 Å². The number of ether oxygens (including phenoxy) is 1. The molecule has 0 fully saturated rings. The summed E-state index contributed by atoms with van der Waals surface area (Å²) >= 11 is 1.70. The Bertz CT molecular complexity index is 275. The van der Waals surface area contributed by atoms with E-state index in [1.54, 1.807) is 11.3 Å². The third kappa shape index (κ3) is 4.28. The van der Waals surface area contributed by atoms with Crippen LogP contribution in [0.25, 0.3) is 0 Å². The first-order valence-corrected chi connectivity index (χ1v) is 6.36. The molecule has 0 aliphatic heterocycles. The van der Waals surface area contributed by atoms with Crippen LogP contribution >= 0.6 is 11.3 Å². The number of nitrogens with two attached hydrogens (primary N) is 1. The van der Waals surface area contributed by atoms with Crippen LogP contribution in [0, 0.1) is 6.92 Å². The zero-order valence-electron chi connectivity index (χ0n) is 9.53. The Labute approximate surface area is 95.7 Å². The number of hydrogen-bond donors (Lipinski definition) is 1. The molecule has 0 radical (unpaired) electrons. The SMILES string of the molecule is CCCC(CN)OCCc1scnc1C. The highest BCUT2D eigenvalue weighted by Gasteiger charge is 2.06. The van der Waals surface area contributed by atoms with Gasteiger partial charge >= 0.3 is 0 Å². The molecule has 0 bridgehead atoms. The molecular weight excluding hydrogens is 208 g/mol. The number of hydrogen-bond acceptors (Lipinski definition) is 4. The number of rotatable bonds is 7. The second kappa shape index (κ2) is 6.93. The fourth-order valence-electron chi connectivity index (χ4n) is 1.48. The van der Waals surface area contributed by atoms with Gasteiger partial charge in [-0.05, 0) is 13.3 Å². The topological polar surface area (TPSA) is 48.1 Å². The minimum absolute atomic E-state index is 0.225. The van der Waals surface area contributed by atoms with Gasteiger partial charge in [0.2, 0.25) is 0 Å². The zero-order valence-corrected chi connectivity index (χ0v) is 10.3. The predicted octanol–water partition coefficient (Wildman–Crippen LogP) is 2.14. The van der Waals surface area contributed by atoms with Crippen LogP contribution in [-0.2, 0) is 11.2 Å². The highest BCUT2D eigenvalue weighted by atomic mass is 32.1. The van der Waals surface area contributed by atoms with Gasteiger partial charge in [-0.2, -0.15) is 0 Å². The maximum Gasteiger partial charge on any atom is 0.0797 e. The van der Waals surface area contributed by atoms with Gasteiger partial charge in [-0.15, -0.1) is 11.3 Å². The first-order chi connectivity index (χ1) is 7.27. The van der Waals surface area contributed by atoms with E-state index in [0.717, 1.165) is 31.6 Å². The van der Waals surface area contributed by atoms with E-state index in [2.05, 4.69) is 11.9 Å². The van der Waals surface area contributed by atoms with Crippen molar-refractivity contribution >= 4 is 11.3 Å². The van der Waals surface area contributed by atoms with Crippen LogP contribution in [-0.4, -0.2) is 24.2 Å². The monoisotopic (exact) mass is 228 g/mol. The summed E-state index contributed by atoms with van der Waals surface area (Å²) in [7, 11) is 0. The third-order valence-electron chi connectivity index (χ3n) is 2.40. The molecule has 1 atom stereocenters. The number of aryl methyl sites for hydroxylation is 1. The van der Waals surface area contributed by atoms with Crippen LogP contribution in [0.4, 0.5) is 0 Å². The quantitative estimate of drug-likeness (QED) is 0.778. The molecule has 1 aromatic heterocycles. The molecular formula is C11H20N2OS. The Balaban J connectivity index is 2.23. The molecule has 0 saturated carbocycles. The van der Waals surface area contributed by atoms with Crippen molar-refractivity contribution in [1.82, 2.24) is 4.98 Å². The lowest BCUT2D eigenvalue weighted by molar-refractivity contribution is 0.0553. The van der Waals surface area contributed by atoms with Crippen molar-refractivity contribution in [2.45, 2.75) is 39.2 Å². The summed E-state index contributed by atoms with van der Waals surface area (Å²) < 4.78 is 5.71. The molecule has 0 spiro atoms. The van der Waals surface area contributed by atoms with Crippen molar-refractivity contribution in [1.29, 1.82) is 0 Å². The maximum atomic E-state index is 5.71. The smallest absolute Gasteiger partial charge is 0.0797 e. The summed E-state index contributed by atoms with van der Waals surface area (Å²) in [4.78, 5) is 5.53. The summed E-state index contributed by atoms with van der Waals surface area (Å²) in [5.74, 6) is 0. The highest BCUT2D eigenvalue weighted by molar-refractivity contribution is 7.09. The van der Waals surface area contributed by atoms with Crippen molar-refractivity contribution < 1.29 is 4.74 Å². The van der Waals surface area contributed by atoms with Crippen LogP contribution in [0.2, 0.25) is 0 Å². The van der Waals surface area contributed by atoms with Gasteiger partial charge in [-0.25, -0.2) is 4.98 Å². The molecule has 0 amide bonds. The van der Waals surface area contributed by atoms with Crippen LogP contribution in [0.3, 0.4) is 0 Å². The fourth-order valence-corrected chi connectivity index (χ4v) is 2.24. The minimum atomic E-state index is 0.225. The lowest BCUT2D eigenvalue weighted by atomic mass is 10.2. The van der Waals surface area contributed by atoms with Crippen LogP contribution in [0.1, 0.15) is 30.3 Å². The van der Waals surface area contributed by atoms with E-state index in [4.69, 9.17) is 10.5 Å². The Hall–Kier alpha value is -0.450. The van der Waals surface area contributed by atoms with Crippen molar-refractivity contribution in [3.8, 4) is 0 Å². The summed E-state index contributed by atoms with van der Waals surface area (Å²) in [6, 6.07) is 0. The van der Waals surface area contributed by atoms with Gasteiger partial charge in [0.25, 0.3) is 0 Å². The van der Waals surface area contributed by atoms with Crippen LogP contribution in [0.5, 0.6) is 0 Å².